The van der Waals surface area contributed by atoms with E-state index in [-0.39, 0.29) is 25.5 Å². The Bertz CT molecular complexity index is 1490. The van der Waals surface area contributed by atoms with Gasteiger partial charge in [0.25, 0.3) is 0 Å². The number of thioether (sulfide) groups is 1. The smallest absolute Gasteiger partial charge is 0.219 e. The van der Waals surface area contributed by atoms with Crippen LogP contribution >= 0.6 is 23.4 Å². The van der Waals surface area contributed by atoms with Crippen molar-refractivity contribution < 1.29 is 34.7 Å². The zero-order valence-corrected chi connectivity index (χ0v) is 28.3. The number of amides is 1. The van der Waals surface area contributed by atoms with Gasteiger partial charge in [0.2, 0.25) is 5.91 Å². The van der Waals surface area contributed by atoms with E-state index >= 15 is 0 Å². The van der Waals surface area contributed by atoms with Crippen LogP contribution in [0.15, 0.2) is 65.8 Å². The number of para-hydroxylation sites is 1. The summed E-state index contributed by atoms with van der Waals surface area (Å²) in [6.07, 6.45) is 5.52. The summed E-state index contributed by atoms with van der Waals surface area (Å²) in [6.45, 7) is 1.82. The second-order valence-corrected chi connectivity index (χ2v) is 14.0. The highest BCUT2D eigenvalue weighted by atomic mass is 35.5. The lowest BCUT2D eigenvalue weighted by molar-refractivity contribution is -0.133. The van der Waals surface area contributed by atoms with Gasteiger partial charge in [-0.1, -0.05) is 29.8 Å². The maximum absolute atomic E-state index is 12.1. The third-order valence-corrected chi connectivity index (χ3v) is 10.1. The molecule has 0 bridgehead atoms. The summed E-state index contributed by atoms with van der Waals surface area (Å²) in [4.78, 5) is 19.1. The average molecular weight is 685 g/mol. The predicted octanol–water partition coefficient (Wildman–Crippen LogP) is 5.34. The van der Waals surface area contributed by atoms with Gasteiger partial charge in [-0.25, -0.2) is 0 Å². The minimum Gasteiger partial charge on any atom is -0.490 e. The summed E-state index contributed by atoms with van der Waals surface area (Å²) in [5.41, 5.74) is 3.70. The van der Waals surface area contributed by atoms with Crippen LogP contribution in [0, 0.1) is 0 Å². The quantitative estimate of drug-likeness (QED) is 0.0977. The maximum Gasteiger partial charge on any atom is 0.219 e. The topological polar surface area (TPSA) is 133 Å². The molecule has 1 heterocycles. The van der Waals surface area contributed by atoms with Crippen LogP contribution in [-0.2, 0) is 21.7 Å². The molecule has 254 valence electrons. The van der Waals surface area contributed by atoms with Gasteiger partial charge in [0.05, 0.1) is 30.5 Å². The number of unbranched alkanes of at least 4 members (excludes halogenated alkanes) is 1. The van der Waals surface area contributed by atoms with Crippen LogP contribution in [-0.4, -0.2) is 86.1 Å². The second-order valence-electron chi connectivity index (χ2n) is 12.4. The van der Waals surface area contributed by atoms with Gasteiger partial charge in [-0.3, -0.25) is 9.78 Å². The first-order valence-corrected chi connectivity index (χ1v) is 17.7. The Morgan fingerprint density at radius 3 is 2.60 bits per heavy atom. The number of aromatic nitrogens is 1. The molecule has 2 saturated carbocycles. The molecule has 2 fully saturated rings. The standard InChI is InChI=1S/C36H45ClN2O7S/c1-24(41)39(22-33(43)35(44)32(42)13-18-40)17-4-5-19-47-27-10-11-31(37)25(20-27)23-45-36(14-15-36)30-21-38-16-12-28(30)29-6-2-3-7-34(29)46-26-8-9-26/h2-3,6-7,10-12,16,20-21,26,32-33,35,40,42-44H,4-5,8-9,13-15,17-19,22-23H2,1H3. The molecule has 47 heavy (non-hydrogen) atoms. The van der Waals surface area contributed by atoms with Gasteiger partial charge in [-0.15, -0.1) is 11.8 Å². The Morgan fingerprint density at radius 2 is 1.87 bits per heavy atom. The normalized spacial score (nSPS) is 17.1. The fourth-order valence-corrected chi connectivity index (χ4v) is 6.73. The number of rotatable bonds is 19. The van der Waals surface area contributed by atoms with E-state index in [1.54, 1.807) is 11.8 Å². The van der Waals surface area contributed by atoms with Gasteiger partial charge in [-0.2, -0.15) is 0 Å². The first-order valence-electron chi connectivity index (χ1n) is 16.4. The van der Waals surface area contributed by atoms with Gasteiger partial charge in [0.1, 0.15) is 11.9 Å². The molecular formula is C36H45ClN2O7S. The number of benzene rings is 2. The van der Waals surface area contributed by atoms with Gasteiger partial charge in [0, 0.05) is 60.1 Å². The monoisotopic (exact) mass is 684 g/mol. The molecule has 3 aromatic rings. The number of nitrogens with zero attached hydrogens (tertiary/aromatic N) is 2. The van der Waals surface area contributed by atoms with E-state index in [0.717, 1.165) is 70.8 Å². The zero-order chi connectivity index (χ0) is 33.4. The van der Waals surface area contributed by atoms with E-state index in [1.807, 2.05) is 48.8 Å². The number of pyridine rings is 1. The molecule has 2 aliphatic carbocycles. The molecule has 2 aliphatic rings. The van der Waals surface area contributed by atoms with Gasteiger partial charge in [0.15, 0.2) is 0 Å². The third-order valence-electron chi connectivity index (χ3n) is 8.69. The summed E-state index contributed by atoms with van der Waals surface area (Å²) in [5, 5.41) is 39.8. The largest absolute Gasteiger partial charge is 0.490 e. The Kier molecular flexibility index (Phi) is 12.6. The lowest BCUT2D eigenvalue weighted by Gasteiger charge is -2.28. The van der Waals surface area contributed by atoms with Crippen molar-refractivity contribution in [1.82, 2.24) is 9.88 Å². The maximum atomic E-state index is 12.1. The van der Waals surface area contributed by atoms with E-state index in [9.17, 15) is 20.1 Å². The van der Waals surface area contributed by atoms with Crippen LogP contribution in [0.2, 0.25) is 5.02 Å². The molecule has 1 amide bonds. The number of aliphatic hydroxyl groups is 4. The molecule has 0 radical (unpaired) electrons. The minimum absolute atomic E-state index is 0.0501. The Balaban J connectivity index is 1.14. The van der Waals surface area contributed by atoms with E-state index in [2.05, 4.69) is 17.1 Å². The van der Waals surface area contributed by atoms with Gasteiger partial charge in [-0.05, 0) is 92.2 Å². The van der Waals surface area contributed by atoms with Crippen LogP contribution in [0.1, 0.15) is 63.0 Å². The van der Waals surface area contributed by atoms with Crippen molar-refractivity contribution in [1.29, 1.82) is 0 Å². The molecule has 3 unspecified atom stereocenters. The van der Waals surface area contributed by atoms with Gasteiger partial charge >= 0.3 is 0 Å². The van der Waals surface area contributed by atoms with Crippen molar-refractivity contribution >= 4 is 29.3 Å². The summed E-state index contributed by atoms with van der Waals surface area (Å²) in [7, 11) is 0. The second kappa shape index (κ2) is 16.6. The van der Waals surface area contributed by atoms with Crippen molar-refractivity contribution in [3.8, 4) is 16.9 Å². The van der Waals surface area contributed by atoms with Crippen molar-refractivity contribution in [2.45, 2.75) is 93.4 Å². The number of aliphatic hydroxyl groups excluding tert-OH is 4. The number of hydrogen-bond donors (Lipinski definition) is 4. The first-order chi connectivity index (χ1) is 22.7. The number of halogens is 1. The highest BCUT2D eigenvalue weighted by molar-refractivity contribution is 7.99. The molecule has 4 N–H and O–H groups in total. The third kappa shape index (κ3) is 9.69. The average Bonchev–Trinajstić information content (AvgIpc) is 4.01. The molecule has 5 rings (SSSR count). The summed E-state index contributed by atoms with van der Waals surface area (Å²) in [5.74, 6) is 1.50. The molecule has 3 atom stereocenters. The van der Waals surface area contributed by atoms with Crippen LogP contribution in [0.4, 0.5) is 0 Å². The van der Waals surface area contributed by atoms with E-state index < -0.39 is 23.9 Å². The fourth-order valence-electron chi connectivity index (χ4n) is 5.59. The number of hydrogen-bond acceptors (Lipinski definition) is 9. The fraction of sp³-hybridized carbons (Fsp3) is 0.500. The summed E-state index contributed by atoms with van der Waals surface area (Å²) in [6, 6.07) is 16.2. The molecule has 11 heteroatoms. The van der Waals surface area contributed by atoms with Crippen molar-refractivity contribution in [2.75, 3.05) is 25.4 Å². The Morgan fingerprint density at radius 1 is 1.09 bits per heavy atom. The lowest BCUT2D eigenvalue weighted by atomic mass is 9.96. The zero-order valence-electron chi connectivity index (χ0n) is 26.8. The summed E-state index contributed by atoms with van der Waals surface area (Å²) < 4.78 is 12.9. The lowest BCUT2D eigenvalue weighted by Crippen LogP contribution is -2.46. The van der Waals surface area contributed by atoms with Crippen LogP contribution in [0.5, 0.6) is 5.75 Å². The first kappa shape index (κ1) is 35.6. The SMILES string of the molecule is CC(=O)N(CCCCSc1ccc(Cl)c(COC2(c3cnccc3-c3ccccc3OC3CC3)CC2)c1)CC(O)C(O)C(O)CCO. The molecule has 9 nitrogen and oxygen atoms in total. The van der Waals surface area contributed by atoms with Crippen LogP contribution < -0.4 is 4.74 Å². The van der Waals surface area contributed by atoms with Crippen LogP contribution in [0.25, 0.3) is 11.1 Å². The van der Waals surface area contributed by atoms with Gasteiger partial charge < -0.3 is 34.8 Å². The van der Waals surface area contributed by atoms with E-state index in [1.165, 1.54) is 11.8 Å². The molecule has 0 spiro atoms. The highest BCUT2D eigenvalue weighted by Gasteiger charge is 2.48. The molecule has 2 aromatic carbocycles. The molecule has 0 aliphatic heterocycles. The van der Waals surface area contributed by atoms with E-state index in [4.69, 9.17) is 26.2 Å². The summed E-state index contributed by atoms with van der Waals surface area (Å²) >= 11 is 8.32. The molecule has 0 saturated heterocycles. The number of ether oxygens (including phenoxy) is 2. The van der Waals surface area contributed by atoms with E-state index in [0.29, 0.717) is 30.7 Å². The van der Waals surface area contributed by atoms with Crippen molar-refractivity contribution in [2.24, 2.45) is 0 Å². The predicted molar refractivity (Wildman–Crippen MR) is 182 cm³/mol. The Hall–Kier alpha value is -2.70. The molecule has 1 aromatic heterocycles. The highest BCUT2D eigenvalue weighted by Crippen LogP contribution is 2.53. The molecular weight excluding hydrogens is 640 g/mol. The Labute approximate surface area is 285 Å². The minimum atomic E-state index is -1.44. The van der Waals surface area contributed by atoms with Crippen molar-refractivity contribution in [3.63, 3.8) is 0 Å². The number of carbonyl (C=O) groups excluding carboxylic acids is 1. The van der Waals surface area contributed by atoms with Crippen molar-refractivity contribution in [3.05, 3.63) is 77.1 Å². The van der Waals surface area contributed by atoms with Crippen LogP contribution in [0.3, 0.4) is 0 Å². The number of carbonyl (C=O) groups is 1.